The molecule has 5 nitrogen and oxygen atoms in total. The Bertz CT molecular complexity index is 358. The number of hydrogen-bond donors (Lipinski definition) is 2. The van der Waals surface area contributed by atoms with E-state index < -0.39 is 0 Å². The topological polar surface area (TPSA) is 69.4 Å². The maximum absolute atomic E-state index is 5.80. The molecule has 1 atom stereocenters. The van der Waals surface area contributed by atoms with Crippen LogP contribution < -0.4 is 15.8 Å². The summed E-state index contributed by atoms with van der Waals surface area (Å²) in [7, 11) is 0. The zero-order chi connectivity index (χ0) is 13.4. The minimum Gasteiger partial charge on any atom is -0.476 e. The van der Waals surface area contributed by atoms with E-state index in [0.717, 1.165) is 12.2 Å². The van der Waals surface area contributed by atoms with E-state index in [1.54, 1.807) is 6.07 Å². The van der Waals surface area contributed by atoms with Gasteiger partial charge in [-0.3, -0.25) is 0 Å². The highest BCUT2D eigenvalue weighted by Gasteiger charge is 2.07. The molecule has 3 N–H and O–H groups in total. The van der Waals surface area contributed by atoms with E-state index in [2.05, 4.69) is 10.3 Å². The lowest BCUT2D eigenvalue weighted by Crippen LogP contribution is -2.22. The number of ether oxygens (including phenoxy) is 2. The standard InChI is InChI=1S/C13H23N3O2/c1-4-8-18-13-11(14)6-7-12(16-13)15-10(3)9-17-5-2/h6-7,10H,4-5,8-9,14H2,1-3H3,(H,15,16). The minimum absolute atomic E-state index is 0.195. The van der Waals surface area contributed by atoms with Crippen molar-refractivity contribution in [1.29, 1.82) is 0 Å². The summed E-state index contributed by atoms with van der Waals surface area (Å²) in [5, 5.41) is 3.25. The Labute approximate surface area is 109 Å². The minimum atomic E-state index is 0.195. The Morgan fingerprint density at radius 2 is 2.17 bits per heavy atom. The Hall–Kier alpha value is -1.49. The van der Waals surface area contributed by atoms with Gasteiger partial charge in [-0.25, -0.2) is 0 Å². The summed E-state index contributed by atoms with van der Waals surface area (Å²) in [5.74, 6) is 1.24. The predicted octanol–water partition coefficient (Wildman–Crippen LogP) is 2.29. The number of aromatic nitrogens is 1. The summed E-state index contributed by atoms with van der Waals surface area (Å²) in [6, 6.07) is 3.84. The number of hydrogen-bond acceptors (Lipinski definition) is 5. The molecule has 0 aliphatic heterocycles. The van der Waals surface area contributed by atoms with Crippen molar-refractivity contribution in [3.63, 3.8) is 0 Å². The summed E-state index contributed by atoms with van der Waals surface area (Å²) in [6.07, 6.45) is 0.930. The molecule has 1 aromatic heterocycles. The van der Waals surface area contributed by atoms with Gasteiger partial charge in [0.05, 0.1) is 18.9 Å². The van der Waals surface area contributed by atoms with Crippen molar-refractivity contribution in [2.75, 3.05) is 30.9 Å². The van der Waals surface area contributed by atoms with E-state index in [1.807, 2.05) is 26.8 Å². The van der Waals surface area contributed by atoms with E-state index >= 15 is 0 Å². The molecule has 0 aliphatic rings. The van der Waals surface area contributed by atoms with Gasteiger partial charge in [-0.1, -0.05) is 6.92 Å². The Balaban J connectivity index is 2.60. The molecule has 0 amide bonds. The normalized spacial score (nSPS) is 12.2. The SMILES string of the molecule is CCCOc1nc(NC(C)COCC)ccc1N. The molecule has 0 fully saturated rings. The lowest BCUT2D eigenvalue weighted by molar-refractivity contribution is 0.141. The molecule has 102 valence electrons. The molecule has 18 heavy (non-hydrogen) atoms. The molecule has 1 unspecified atom stereocenters. The van der Waals surface area contributed by atoms with Crippen molar-refractivity contribution in [3.05, 3.63) is 12.1 Å². The third kappa shape index (κ3) is 4.79. The fourth-order valence-electron chi connectivity index (χ4n) is 1.43. The summed E-state index contributed by atoms with van der Waals surface area (Å²) in [6.45, 7) is 8.04. The van der Waals surface area contributed by atoms with Crippen molar-refractivity contribution in [1.82, 2.24) is 4.98 Å². The molecule has 0 aliphatic carbocycles. The monoisotopic (exact) mass is 253 g/mol. The summed E-state index contributed by atoms with van der Waals surface area (Å²) in [4.78, 5) is 4.34. The molecule has 0 aromatic carbocycles. The van der Waals surface area contributed by atoms with E-state index in [9.17, 15) is 0 Å². The molecule has 0 radical (unpaired) electrons. The van der Waals surface area contributed by atoms with Crippen LogP contribution >= 0.6 is 0 Å². The van der Waals surface area contributed by atoms with Crippen LogP contribution in [0.2, 0.25) is 0 Å². The first-order valence-electron chi connectivity index (χ1n) is 6.41. The fraction of sp³-hybridized carbons (Fsp3) is 0.615. The van der Waals surface area contributed by atoms with Crippen molar-refractivity contribution in [2.24, 2.45) is 0 Å². The van der Waals surface area contributed by atoms with Crippen LogP contribution in [0.25, 0.3) is 0 Å². The van der Waals surface area contributed by atoms with Crippen LogP contribution in [-0.2, 0) is 4.74 Å². The highest BCUT2D eigenvalue weighted by molar-refractivity contribution is 5.53. The van der Waals surface area contributed by atoms with E-state index in [0.29, 0.717) is 31.4 Å². The summed E-state index contributed by atoms with van der Waals surface area (Å²) < 4.78 is 10.8. The molecular weight excluding hydrogens is 230 g/mol. The summed E-state index contributed by atoms with van der Waals surface area (Å²) >= 11 is 0. The van der Waals surface area contributed by atoms with Crippen LogP contribution in [0.5, 0.6) is 5.88 Å². The van der Waals surface area contributed by atoms with Crippen LogP contribution in [0.4, 0.5) is 11.5 Å². The second kappa shape index (κ2) is 7.76. The largest absolute Gasteiger partial charge is 0.476 e. The first-order chi connectivity index (χ1) is 8.67. The third-order valence-corrected chi connectivity index (χ3v) is 2.30. The first kappa shape index (κ1) is 14.6. The molecule has 1 aromatic rings. The number of pyridine rings is 1. The fourth-order valence-corrected chi connectivity index (χ4v) is 1.43. The predicted molar refractivity (Wildman–Crippen MR) is 74.0 cm³/mol. The molecule has 0 saturated heterocycles. The molecule has 0 saturated carbocycles. The average molecular weight is 253 g/mol. The number of nitrogens with zero attached hydrogens (tertiary/aromatic N) is 1. The molecular formula is C13H23N3O2. The first-order valence-corrected chi connectivity index (χ1v) is 6.41. The zero-order valence-corrected chi connectivity index (χ0v) is 11.4. The van der Waals surface area contributed by atoms with Gasteiger partial charge in [0, 0.05) is 12.6 Å². The lowest BCUT2D eigenvalue weighted by atomic mass is 10.3. The van der Waals surface area contributed by atoms with Gasteiger partial charge in [-0.15, -0.1) is 0 Å². The molecule has 0 bridgehead atoms. The lowest BCUT2D eigenvalue weighted by Gasteiger charge is -2.15. The van der Waals surface area contributed by atoms with E-state index in [1.165, 1.54) is 0 Å². The van der Waals surface area contributed by atoms with Gasteiger partial charge in [0.25, 0.3) is 0 Å². The summed E-state index contributed by atoms with van der Waals surface area (Å²) in [5.41, 5.74) is 6.36. The van der Waals surface area contributed by atoms with Crippen LogP contribution in [0.15, 0.2) is 12.1 Å². The Kier molecular flexibility index (Phi) is 6.28. The van der Waals surface area contributed by atoms with Gasteiger partial charge >= 0.3 is 0 Å². The van der Waals surface area contributed by atoms with Gasteiger partial charge < -0.3 is 20.5 Å². The molecule has 5 heteroatoms. The highest BCUT2D eigenvalue weighted by atomic mass is 16.5. The quantitative estimate of drug-likeness (QED) is 0.744. The number of rotatable bonds is 8. The van der Waals surface area contributed by atoms with Crippen molar-refractivity contribution in [2.45, 2.75) is 33.2 Å². The van der Waals surface area contributed by atoms with Crippen LogP contribution in [-0.4, -0.2) is 30.8 Å². The average Bonchev–Trinajstić information content (AvgIpc) is 2.37. The third-order valence-electron chi connectivity index (χ3n) is 2.30. The second-order valence-corrected chi connectivity index (χ2v) is 4.14. The number of nitrogens with two attached hydrogens (primary N) is 1. The Morgan fingerprint density at radius 1 is 1.39 bits per heavy atom. The Morgan fingerprint density at radius 3 is 2.83 bits per heavy atom. The smallest absolute Gasteiger partial charge is 0.239 e. The van der Waals surface area contributed by atoms with Gasteiger partial charge in [0.15, 0.2) is 0 Å². The van der Waals surface area contributed by atoms with Crippen molar-refractivity contribution >= 4 is 11.5 Å². The zero-order valence-electron chi connectivity index (χ0n) is 11.4. The van der Waals surface area contributed by atoms with Gasteiger partial charge in [-0.05, 0) is 32.4 Å². The number of nitrogen functional groups attached to an aromatic ring is 1. The van der Waals surface area contributed by atoms with E-state index in [-0.39, 0.29) is 6.04 Å². The highest BCUT2D eigenvalue weighted by Crippen LogP contribution is 2.21. The van der Waals surface area contributed by atoms with Crippen LogP contribution in [0, 0.1) is 0 Å². The van der Waals surface area contributed by atoms with Crippen molar-refractivity contribution < 1.29 is 9.47 Å². The van der Waals surface area contributed by atoms with Gasteiger partial charge in [-0.2, -0.15) is 4.98 Å². The number of anilines is 2. The molecule has 0 spiro atoms. The molecule has 1 rings (SSSR count). The molecule has 1 heterocycles. The van der Waals surface area contributed by atoms with Crippen molar-refractivity contribution in [3.8, 4) is 5.88 Å². The van der Waals surface area contributed by atoms with Gasteiger partial charge in [0.1, 0.15) is 5.82 Å². The van der Waals surface area contributed by atoms with Gasteiger partial charge in [0.2, 0.25) is 5.88 Å². The maximum atomic E-state index is 5.80. The second-order valence-electron chi connectivity index (χ2n) is 4.14. The van der Waals surface area contributed by atoms with E-state index in [4.69, 9.17) is 15.2 Å². The van der Waals surface area contributed by atoms with Crippen LogP contribution in [0.3, 0.4) is 0 Å². The maximum Gasteiger partial charge on any atom is 0.239 e. The van der Waals surface area contributed by atoms with Crippen LogP contribution in [0.1, 0.15) is 27.2 Å². The number of nitrogens with one attached hydrogen (secondary N) is 1.